The van der Waals surface area contributed by atoms with E-state index in [-0.39, 0.29) is 30.3 Å². The van der Waals surface area contributed by atoms with Crippen LogP contribution in [0, 0.1) is 11.6 Å². The van der Waals surface area contributed by atoms with Crippen LogP contribution >= 0.6 is 0 Å². The van der Waals surface area contributed by atoms with E-state index >= 15 is 0 Å². The van der Waals surface area contributed by atoms with Crippen molar-refractivity contribution in [1.29, 1.82) is 0 Å². The summed E-state index contributed by atoms with van der Waals surface area (Å²) in [6, 6.07) is 3.65. The number of halogens is 4. The van der Waals surface area contributed by atoms with Crippen molar-refractivity contribution in [3.8, 4) is 0 Å². The highest BCUT2D eigenvalue weighted by Crippen LogP contribution is 2.27. The molecule has 0 unspecified atom stereocenters. The number of rotatable bonds is 5. The summed E-state index contributed by atoms with van der Waals surface area (Å²) in [6.07, 6.45) is -1.15. The highest BCUT2D eigenvalue weighted by molar-refractivity contribution is 5.22. The third-order valence-electron chi connectivity index (χ3n) is 4.21. The van der Waals surface area contributed by atoms with Gasteiger partial charge in [0.25, 0.3) is 6.43 Å². The van der Waals surface area contributed by atoms with Crippen molar-refractivity contribution in [3.05, 3.63) is 47.1 Å². The SMILES string of the molecule is Fc1cccc(F)c1Cc1noc(C2CCN(CC(F)F)CC2)n1. The van der Waals surface area contributed by atoms with E-state index in [4.69, 9.17) is 4.52 Å². The summed E-state index contributed by atoms with van der Waals surface area (Å²) >= 11 is 0. The Morgan fingerprint density at radius 2 is 1.83 bits per heavy atom. The monoisotopic (exact) mass is 343 g/mol. The maximum Gasteiger partial charge on any atom is 0.251 e. The van der Waals surface area contributed by atoms with Crippen molar-refractivity contribution in [2.24, 2.45) is 0 Å². The molecule has 1 aliphatic heterocycles. The molecule has 1 aromatic carbocycles. The van der Waals surface area contributed by atoms with E-state index in [2.05, 4.69) is 10.1 Å². The van der Waals surface area contributed by atoms with Gasteiger partial charge in [-0.05, 0) is 38.1 Å². The lowest BCUT2D eigenvalue weighted by Gasteiger charge is -2.29. The number of aromatic nitrogens is 2. The predicted molar refractivity (Wildman–Crippen MR) is 77.9 cm³/mol. The van der Waals surface area contributed by atoms with Gasteiger partial charge in [-0.15, -0.1) is 0 Å². The molecule has 1 aromatic heterocycles. The zero-order valence-electron chi connectivity index (χ0n) is 12.9. The minimum Gasteiger partial charge on any atom is -0.339 e. The summed E-state index contributed by atoms with van der Waals surface area (Å²) in [4.78, 5) is 5.92. The molecule has 0 bridgehead atoms. The Hall–Kier alpha value is -1.96. The van der Waals surface area contributed by atoms with Gasteiger partial charge in [0.15, 0.2) is 5.82 Å². The van der Waals surface area contributed by atoms with E-state index in [1.54, 1.807) is 4.90 Å². The van der Waals surface area contributed by atoms with Crippen LogP contribution in [0.3, 0.4) is 0 Å². The van der Waals surface area contributed by atoms with Gasteiger partial charge in [0, 0.05) is 17.9 Å². The number of likely N-dealkylation sites (tertiary alicyclic amines) is 1. The summed E-state index contributed by atoms with van der Waals surface area (Å²) in [5.41, 5.74) is -0.100. The van der Waals surface area contributed by atoms with Crippen LogP contribution in [0.4, 0.5) is 17.6 Å². The van der Waals surface area contributed by atoms with Crippen LogP contribution in [0.5, 0.6) is 0 Å². The fourth-order valence-corrected chi connectivity index (χ4v) is 2.92. The standard InChI is InChI=1S/C16H17F4N3O/c17-12-2-1-3-13(18)11(12)8-15-21-16(24-22-15)10-4-6-23(7-5-10)9-14(19)20/h1-3,10,14H,4-9H2. The topological polar surface area (TPSA) is 42.2 Å². The smallest absolute Gasteiger partial charge is 0.251 e. The summed E-state index contributed by atoms with van der Waals surface area (Å²) in [5, 5.41) is 3.78. The Balaban J connectivity index is 1.62. The number of nitrogens with zero attached hydrogens (tertiary/aromatic N) is 3. The molecule has 1 aliphatic rings. The van der Waals surface area contributed by atoms with E-state index in [0.717, 1.165) is 0 Å². The zero-order valence-corrected chi connectivity index (χ0v) is 12.9. The van der Waals surface area contributed by atoms with Gasteiger partial charge in [-0.3, -0.25) is 4.90 Å². The second-order valence-electron chi connectivity index (χ2n) is 5.89. The summed E-state index contributed by atoms with van der Waals surface area (Å²) < 4.78 is 57.2. The van der Waals surface area contributed by atoms with Crippen molar-refractivity contribution in [1.82, 2.24) is 15.0 Å². The van der Waals surface area contributed by atoms with E-state index in [0.29, 0.717) is 31.8 Å². The third-order valence-corrected chi connectivity index (χ3v) is 4.21. The first-order chi connectivity index (χ1) is 11.5. The lowest BCUT2D eigenvalue weighted by Crippen LogP contribution is -2.36. The number of hydrogen-bond acceptors (Lipinski definition) is 4. The molecule has 0 amide bonds. The molecule has 0 saturated carbocycles. The second kappa shape index (κ2) is 7.29. The van der Waals surface area contributed by atoms with E-state index in [1.807, 2.05) is 0 Å². The molecule has 0 radical (unpaired) electrons. The number of hydrogen-bond donors (Lipinski definition) is 0. The molecule has 2 aromatic rings. The largest absolute Gasteiger partial charge is 0.339 e. The second-order valence-corrected chi connectivity index (χ2v) is 5.89. The highest BCUT2D eigenvalue weighted by Gasteiger charge is 2.26. The van der Waals surface area contributed by atoms with Gasteiger partial charge >= 0.3 is 0 Å². The molecule has 24 heavy (non-hydrogen) atoms. The van der Waals surface area contributed by atoms with Crippen molar-refractivity contribution < 1.29 is 22.1 Å². The minimum atomic E-state index is -2.34. The van der Waals surface area contributed by atoms with Gasteiger partial charge in [0.1, 0.15) is 11.6 Å². The molecule has 0 N–H and O–H groups in total. The molecule has 3 rings (SSSR count). The lowest BCUT2D eigenvalue weighted by molar-refractivity contribution is 0.0731. The van der Waals surface area contributed by atoms with Gasteiger partial charge in [-0.25, -0.2) is 17.6 Å². The molecular formula is C16H17F4N3O. The van der Waals surface area contributed by atoms with Crippen LogP contribution in [-0.2, 0) is 6.42 Å². The summed E-state index contributed by atoms with van der Waals surface area (Å²) in [7, 11) is 0. The van der Waals surface area contributed by atoms with Crippen LogP contribution in [-0.4, -0.2) is 41.1 Å². The number of alkyl halides is 2. The van der Waals surface area contributed by atoms with Crippen LogP contribution in [0.2, 0.25) is 0 Å². The van der Waals surface area contributed by atoms with Crippen molar-refractivity contribution in [2.45, 2.75) is 31.6 Å². The van der Waals surface area contributed by atoms with Crippen molar-refractivity contribution in [2.75, 3.05) is 19.6 Å². The zero-order chi connectivity index (χ0) is 17.1. The Bertz CT molecular complexity index is 663. The normalized spacial score (nSPS) is 16.9. The first kappa shape index (κ1) is 16.9. The molecular weight excluding hydrogens is 326 g/mol. The molecule has 0 spiro atoms. The molecule has 0 atom stereocenters. The maximum absolute atomic E-state index is 13.7. The van der Waals surface area contributed by atoms with Gasteiger partial charge in [0.05, 0.1) is 6.54 Å². The van der Waals surface area contributed by atoms with Crippen LogP contribution in [0.25, 0.3) is 0 Å². The van der Waals surface area contributed by atoms with E-state index in [9.17, 15) is 17.6 Å². The van der Waals surface area contributed by atoms with Gasteiger partial charge in [-0.1, -0.05) is 11.2 Å². The predicted octanol–water partition coefficient (Wildman–Crippen LogP) is 3.38. The molecule has 8 heteroatoms. The molecule has 1 saturated heterocycles. The highest BCUT2D eigenvalue weighted by atomic mass is 19.3. The molecule has 130 valence electrons. The van der Waals surface area contributed by atoms with Gasteiger partial charge in [-0.2, -0.15) is 4.98 Å². The Morgan fingerprint density at radius 3 is 2.46 bits per heavy atom. The van der Waals surface area contributed by atoms with Crippen LogP contribution < -0.4 is 0 Å². The minimum absolute atomic E-state index is 0.00867. The van der Waals surface area contributed by atoms with E-state index in [1.165, 1.54) is 18.2 Å². The Kier molecular flexibility index (Phi) is 5.13. The number of benzene rings is 1. The Morgan fingerprint density at radius 1 is 1.17 bits per heavy atom. The summed E-state index contributed by atoms with van der Waals surface area (Å²) in [5.74, 6) is -0.698. The van der Waals surface area contributed by atoms with Crippen LogP contribution in [0.15, 0.2) is 22.7 Å². The fourth-order valence-electron chi connectivity index (χ4n) is 2.92. The molecule has 4 nitrogen and oxygen atoms in total. The average Bonchev–Trinajstić information content (AvgIpc) is 3.00. The van der Waals surface area contributed by atoms with Gasteiger partial charge in [0.2, 0.25) is 5.89 Å². The first-order valence-electron chi connectivity index (χ1n) is 7.79. The van der Waals surface area contributed by atoms with E-state index < -0.39 is 18.1 Å². The average molecular weight is 343 g/mol. The van der Waals surface area contributed by atoms with Crippen molar-refractivity contribution in [3.63, 3.8) is 0 Å². The number of piperidine rings is 1. The maximum atomic E-state index is 13.7. The first-order valence-corrected chi connectivity index (χ1v) is 7.79. The molecule has 2 heterocycles. The van der Waals surface area contributed by atoms with Gasteiger partial charge < -0.3 is 4.52 Å². The molecule has 0 aliphatic carbocycles. The Labute approximate surface area is 136 Å². The van der Waals surface area contributed by atoms with Crippen molar-refractivity contribution >= 4 is 0 Å². The third kappa shape index (κ3) is 3.92. The fraction of sp³-hybridized carbons (Fsp3) is 0.500. The van der Waals surface area contributed by atoms with Crippen LogP contribution in [0.1, 0.15) is 36.0 Å². The molecule has 1 fully saturated rings. The lowest BCUT2D eigenvalue weighted by atomic mass is 9.97. The quantitative estimate of drug-likeness (QED) is 0.781. The summed E-state index contributed by atoms with van der Waals surface area (Å²) in [6.45, 7) is 0.845.